The second kappa shape index (κ2) is 19.3. The van der Waals surface area contributed by atoms with E-state index in [1.807, 2.05) is 6.07 Å². The zero-order chi connectivity index (χ0) is 46.6. The SMILES string of the molecule is C=C1C=C(c2ccccc2)N=C(c2cc(-c3ccccc3)c(-c3ccccc3C(C)c3ccccc3)c(C)c2C(C)c2ccccc2-c2ccccc2C)N=C1c1ccc(-c2ccccc2)cc1. The van der Waals surface area contributed by atoms with Gasteiger partial charge < -0.3 is 0 Å². The number of rotatable bonds is 11. The third-order valence-corrected chi connectivity index (χ3v) is 13.6. The van der Waals surface area contributed by atoms with Gasteiger partial charge in [0.05, 0.1) is 11.4 Å². The molecule has 0 fully saturated rings. The van der Waals surface area contributed by atoms with Crippen molar-refractivity contribution in [2.24, 2.45) is 9.98 Å². The largest absolute Gasteiger partial charge is 0.228 e. The molecule has 0 aromatic heterocycles. The molecular formula is C66H54N2. The maximum atomic E-state index is 5.69. The minimum atomic E-state index is -0.0785. The molecule has 9 aromatic rings. The van der Waals surface area contributed by atoms with Crippen molar-refractivity contribution in [3.8, 4) is 44.5 Å². The summed E-state index contributed by atoms with van der Waals surface area (Å²) in [6.45, 7) is 13.9. The van der Waals surface area contributed by atoms with Crippen LogP contribution in [0.15, 0.2) is 253 Å². The van der Waals surface area contributed by atoms with Crippen LogP contribution in [0.2, 0.25) is 0 Å². The van der Waals surface area contributed by atoms with E-state index in [-0.39, 0.29) is 11.8 Å². The molecule has 1 heterocycles. The highest BCUT2D eigenvalue weighted by Gasteiger charge is 2.29. The molecule has 0 saturated heterocycles. The fraction of sp³-hybridized carbons (Fsp3) is 0.0909. The Morgan fingerprint density at radius 2 is 0.882 bits per heavy atom. The summed E-state index contributed by atoms with van der Waals surface area (Å²) >= 11 is 0. The van der Waals surface area contributed by atoms with Crippen LogP contribution in [0.1, 0.15) is 75.8 Å². The van der Waals surface area contributed by atoms with E-state index < -0.39 is 0 Å². The first-order chi connectivity index (χ1) is 33.3. The molecule has 328 valence electrons. The molecule has 0 amide bonds. The zero-order valence-electron chi connectivity index (χ0n) is 39.2. The van der Waals surface area contributed by atoms with Crippen LogP contribution in [0.3, 0.4) is 0 Å². The van der Waals surface area contributed by atoms with Crippen LogP contribution >= 0.6 is 0 Å². The number of amidine groups is 1. The first kappa shape index (κ1) is 43.7. The fourth-order valence-corrected chi connectivity index (χ4v) is 10.1. The van der Waals surface area contributed by atoms with E-state index in [0.717, 1.165) is 50.4 Å². The minimum absolute atomic E-state index is 0.0785. The van der Waals surface area contributed by atoms with E-state index in [4.69, 9.17) is 9.98 Å². The summed E-state index contributed by atoms with van der Waals surface area (Å²) < 4.78 is 0. The number of allylic oxidation sites excluding steroid dienone is 2. The lowest BCUT2D eigenvalue weighted by Gasteiger charge is -2.28. The molecule has 1 aliphatic rings. The van der Waals surface area contributed by atoms with Crippen molar-refractivity contribution >= 4 is 17.2 Å². The first-order valence-electron chi connectivity index (χ1n) is 23.7. The Kier molecular flexibility index (Phi) is 12.4. The van der Waals surface area contributed by atoms with Gasteiger partial charge in [-0.3, -0.25) is 0 Å². The van der Waals surface area contributed by atoms with Gasteiger partial charge in [-0.15, -0.1) is 0 Å². The number of hydrogen-bond donors (Lipinski definition) is 0. The van der Waals surface area contributed by atoms with E-state index in [1.165, 1.54) is 61.2 Å². The molecule has 0 spiro atoms. The predicted octanol–water partition coefficient (Wildman–Crippen LogP) is 17.1. The quantitative estimate of drug-likeness (QED) is 0.124. The maximum Gasteiger partial charge on any atom is 0.160 e. The average molecular weight is 875 g/mol. The molecule has 10 rings (SSSR count). The van der Waals surface area contributed by atoms with E-state index >= 15 is 0 Å². The van der Waals surface area contributed by atoms with E-state index in [9.17, 15) is 0 Å². The second-order valence-electron chi connectivity index (χ2n) is 17.9. The summed E-state index contributed by atoms with van der Waals surface area (Å²) in [5, 5.41) is 0. The lowest BCUT2D eigenvalue weighted by atomic mass is 9.76. The molecule has 9 aromatic carbocycles. The number of hydrogen-bond acceptors (Lipinski definition) is 2. The van der Waals surface area contributed by atoms with Gasteiger partial charge in [-0.2, -0.15) is 0 Å². The van der Waals surface area contributed by atoms with E-state index in [2.05, 4.69) is 259 Å². The third kappa shape index (κ3) is 8.65. The third-order valence-electron chi connectivity index (χ3n) is 13.6. The summed E-state index contributed by atoms with van der Waals surface area (Å²) in [5.41, 5.74) is 22.3. The van der Waals surface area contributed by atoms with Gasteiger partial charge in [-0.25, -0.2) is 9.98 Å². The van der Waals surface area contributed by atoms with Crippen LogP contribution in [0.4, 0.5) is 0 Å². The Balaban J connectivity index is 1.28. The van der Waals surface area contributed by atoms with Gasteiger partial charge in [-0.1, -0.05) is 239 Å². The Labute approximate surface area is 402 Å². The zero-order valence-corrected chi connectivity index (χ0v) is 39.2. The monoisotopic (exact) mass is 874 g/mol. The summed E-state index contributed by atoms with van der Waals surface area (Å²) in [4.78, 5) is 11.3. The number of benzene rings is 9. The first-order valence-corrected chi connectivity index (χ1v) is 23.7. The highest BCUT2D eigenvalue weighted by molar-refractivity contribution is 6.23. The van der Waals surface area contributed by atoms with Crippen LogP contribution in [0.5, 0.6) is 0 Å². The molecule has 1 aliphatic heterocycles. The molecule has 2 heteroatoms. The molecule has 0 radical (unpaired) electrons. The topological polar surface area (TPSA) is 24.7 Å². The highest BCUT2D eigenvalue weighted by Crippen LogP contribution is 2.47. The van der Waals surface area contributed by atoms with Gasteiger partial charge >= 0.3 is 0 Å². The smallest absolute Gasteiger partial charge is 0.160 e. The minimum Gasteiger partial charge on any atom is -0.228 e. The van der Waals surface area contributed by atoms with Crippen molar-refractivity contribution in [3.05, 3.63) is 293 Å². The van der Waals surface area contributed by atoms with E-state index in [1.54, 1.807) is 0 Å². The molecule has 2 nitrogen and oxygen atoms in total. The van der Waals surface area contributed by atoms with Gasteiger partial charge in [0.25, 0.3) is 0 Å². The van der Waals surface area contributed by atoms with Gasteiger partial charge in [-0.05, 0) is 109 Å². The Morgan fingerprint density at radius 1 is 0.397 bits per heavy atom. The van der Waals surface area contributed by atoms with Gasteiger partial charge in [0.1, 0.15) is 0 Å². The second-order valence-corrected chi connectivity index (χ2v) is 17.9. The van der Waals surface area contributed by atoms with Crippen molar-refractivity contribution in [3.63, 3.8) is 0 Å². The summed E-state index contributed by atoms with van der Waals surface area (Å²) in [5.74, 6) is 0.716. The van der Waals surface area contributed by atoms with Crippen molar-refractivity contribution in [1.29, 1.82) is 0 Å². The van der Waals surface area contributed by atoms with Crippen molar-refractivity contribution in [2.75, 3.05) is 0 Å². The van der Waals surface area contributed by atoms with Crippen molar-refractivity contribution < 1.29 is 0 Å². The normalized spacial score (nSPS) is 13.5. The lowest BCUT2D eigenvalue weighted by molar-refractivity contribution is 0.906. The summed E-state index contributed by atoms with van der Waals surface area (Å²) in [6, 6.07) is 80.4. The van der Waals surface area contributed by atoms with Crippen LogP contribution in [0.25, 0.3) is 50.2 Å². The van der Waals surface area contributed by atoms with Crippen LogP contribution in [-0.4, -0.2) is 11.5 Å². The predicted molar refractivity (Wildman–Crippen MR) is 289 cm³/mol. The average Bonchev–Trinajstić information content (AvgIpc) is 3.58. The summed E-state index contributed by atoms with van der Waals surface area (Å²) in [6.07, 6.45) is 2.10. The van der Waals surface area contributed by atoms with Crippen LogP contribution < -0.4 is 0 Å². The number of nitrogens with zero attached hydrogens (tertiary/aromatic N) is 2. The molecule has 68 heavy (non-hydrogen) atoms. The van der Waals surface area contributed by atoms with Gasteiger partial charge in [0.15, 0.2) is 5.84 Å². The molecule has 2 unspecified atom stereocenters. The molecule has 0 N–H and O–H groups in total. The highest BCUT2D eigenvalue weighted by atomic mass is 14.9. The Bertz CT molecular complexity index is 3360. The molecule has 0 aliphatic carbocycles. The lowest BCUT2D eigenvalue weighted by Crippen LogP contribution is -2.14. The molecule has 2 atom stereocenters. The molecule has 0 saturated carbocycles. The summed E-state index contributed by atoms with van der Waals surface area (Å²) in [7, 11) is 0. The van der Waals surface area contributed by atoms with Crippen molar-refractivity contribution in [1.82, 2.24) is 0 Å². The standard InChI is InChI=1S/C66H54N2/c1-44-24-18-19-33-55(44)58-36-22-20-35-57(58)47(4)63-48(5)64(59-37-23-21-34-56(59)46(3)49-25-10-6-11-26-49)60(52-29-14-8-15-30-52)43-61(63)66-67-62(53-31-16-9-17-32-53)42-45(2)65(68-66)54-40-38-51(39-41-54)50-27-12-7-13-28-50/h6-43,46-47H,2H2,1,3-5H3. The maximum absolute atomic E-state index is 5.69. The van der Waals surface area contributed by atoms with Gasteiger partial charge in [0, 0.05) is 28.5 Å². The molecule has 0 bridgehead atoms. The van der Waals surface area contributed by atoms with Crippen molar-refractivity contribution in [2.45, 2.75) is 39.5 Å². The van der Waals surface area contributed by atoms with E-state index in [0.29, 0.717) is 5.84 Å². The van der Waals surface area contributed by atoms with Crippen LogP contribution in [0, 0.1) is 13.8 Å². The number of aryl methyl sites for hydroxylation is 1. The van der Waals surface area contributed by atoms with Crippen LogP contribution in [-0.2, 0) is 0 Å². The Morgan fingerprint density at radius 3 is 1.51 bits per heavy atom. The van der Waals surface area contributed by atoms with Gasteiger partial charge in [0.2, 0.25) is 0 Å². The Hall–Kier alpha value is -8.20. The number of aliphatic imine (C=N–C) groups is 2. The fourth-order valence-electron chi connectivity index (χ4n) is 10.1. The molecular weight excluding hydrogens is 821 g/mol.